The first kappa shape index (κ1) is 17.4. The molecule has 0 unspecified atom stereocenters. The van der Waals surface area contributed by atoms with E-state index in [4.69, 9.17) is 5.11 Å². The van der Waals surface area contributed by atoms with Crippen molar-refractivity contribution in [3.8, 4) is 0 Å². The van der Waals surface area contributed by atoms with E-state index in [-0.39, 0.29) is 24.8 Å². The highest BCUT2D eigenvalue weighted by atomic mass is 79.9. The fourth-order valence-corrected chi connectivity index (χ4v) is 3.08. The van der Waals surface area contributed by atoms with Gasteiger partial charge >= 0.3 is 5.97 Å². The lowest BCUT2D eigenvalue weighted by Crippen LogP contribution is -2.27. The second-order valence-electron chi connectivity index (χ2n) is 5.82. The standard InChI is InChI=1S/C19H17BrN2O3/c20-15-8-6-13(7-9-15)16-12-17(14-4-2-1-3-5-14)22(21-16)18(23)10-11-19(24)25/h1-9,17H,10-12H2,(H,24,25)/t17-/m1/s1. The summed E-state index contributed by atoms with van der Waals surface area (Å²) in [5.41, 5.74) is 2.77. The van der Waals surface area contributed by atoms with Crippen LogP contribution in [0.1, 0.15) is 36.4 Å². The summed E-state index contributed by atoms with van der Waals surface area (Å²) in [6, 6.07) is 17.3. The number of amides is 1. The van der Waals surface area contributed by atoms with Crippen molar-refractivity contribution in [1.29, 1.82) is 0 Å². The topological polar surface area (TPSA) is 70.0 Å². The van der Waals surface area contributed by atoms with Crippen LogP contribution in [0.2, 0.25) is 0 Å². The van der Waals surface area contributed by atoms with Crippen LogP contribution >= 0.6 is 15.9 Å². The monoisotopic (exact) mass is 400 g/mol. The molecular weight excluding hydrogens is 384 g/mol. The van der Waals surface area contributed by atoms with Crippen LogP contribution in [0.4, 0.5) is 0 Å². The van der Waals surface area contributed by atoms with Gasteiger partial charge in [-0.3, -0.25) is 9.59 Å². The smallest absolute Gasteiger partial charge is 0.303 e. The van der Waals surface area contributed by atoms with Gasteiger partial charge in [-0.25, -0.2) is 5.01 Å². The molecule has 6 heteroatoms. The molecule has 0 spiro atoms. The van der Waals surface area contributed by atoms with Crippen molar-refractivity contribution in [2.24, 2.45) is 5.10 Å². The molecule has 0 aliphatic carbocycles. The molecule has 5 nitrogen and oxygen atoms in total. The van der Waals surface area contributed by atoms with Crippen LogP contribution < -0.4 is 0 Å². The molecule has 1 aliphatic heterocycles. The molecule has 0 bridgehead atoms. The van der Waals surface area contributed by atoms with Gasteiger partial charge in [-0.15, -0.1) is 0 Å². The number of hydrogen-bond donors (Lipinski definition) is 1. The number of carbonyl (C=O) groups is 2. The lowest BCUT2D eigenvalue weighted by molar-refractivity contribution is -0.141. The average Bonchev–Trinajstić information content (AvgIpc) is 3.06. The fourth-order valence-electron chi connectivity index (χ4n) is 2.82. The summed E-state index contributed by atoms with van der Waals surface area (Å²) in [6.45, 7) is 0. The largest absolute Gasteiger partial charge is 0.481 e. The van der Waals surface area contributed by atoms with Crippen molar-refractivity contribution in [2.75, 3.05) is 0 Å². The molecule has 1 N–H and O–H groups in total. The number of rotatable bonds is 5. The van der Waals surface area contributed by atoms with E-state index in [0.29, 0.717) is 6.42 Å². The van der Waals surface area contributed by atoms with Crippen molar-refractivity contribution in [3.63, 3.8) is 0 Å². The molecule has 1 amide bonds. The number of carbonyl (C=O) groups excluding carboxylic acids is 1. The predicted molar refractivity (Wildman–Crippen MR) is 98.2 cm³/mol. The number of nitrogens with zero attached hydrogens (tertiary/aromatic N) is 2. The zero-order valence-electron chi connectivity index (χ0n) is 13.4. The Morgan fingerprint density at radius 3 is 2.40 bits per heavy atom. The Morgan fingerprint density at radius 2 is 1.76 bits per heavy atom. The van der Waals surface area contributed by atoms with Crippen LogP contribution in [0.15, 0.2) is 64.2 Å². The molecule has 128 valence electrons. The number of hydrogen-bond acceptors (Lipinski definition) is 3. The molecule has 0 radical (unpaired) electrons. The van der Waals surface area contributed by atoms with Crippen LogP contribution in [0.25, 0.3) is 0 Å². The third-order valence-corrected chi connectivity index (χ3v) is 4.61. The minimum absolute atomic E-state index is 0.0597. The van der Waals surface area contributed by atoms with E-state index in [9.17, 15) is 9.59 Å². The maximum absolute atomic E-state index is 12.5. The van der Waals surface area contributed by atoms with Crippen molar-refractivity contribution < 1.29 is 14.7 Å². The molecule has 0 fully saturated rings. The molecule has 2 aromatic carbocycles. The fraction of sp³-hybridized carbons (Fsp3) is 0.211. The lowest BCUT2D eigenvalue weighted by Gasteiger charge is -2.21. The molecular formula is C19H17BrN2O3. The minimum Gasteiger partial charge on any atom is -0.481 e. The van der Waals surface area contributed by atoms with Crippen molar-refractivity contribution >= 4 is 33.5 Å². The van der Waals surface area contributed by atoms with E-state index in [2.05, 4.69) is 21.0 Å². The summed E-state index contributed by atoms with van der Waals surface area (Å²) in [7, 11) is 0. The Balaban J connectivity index is 1.88. The van der Waals surface area contributed by atoms with Gasteiger partial charge in [-0.2, -0.15) is 5.10 Å². The highest BCUT2D eigenvalue weighted by Gasteiger charge is 2.32. The van der Waals surface area contributed by atoms with E-state index in [1.165, 1.54) is 5.01 Å². The van der Waals surface area contributed by atoms with Gasteiger partial charge in [0.2, 0.25) is 5.91 Å². The number of aliphatic carboxylic acids is 1. The minimum atomic E-state index is -0.985. The number of benzene rings is 2. The Labute approximate surface area is 154 Å². The number of hydrazone groups is 1. The maximum Gasteiger partial charge on any atom is 0.303 e. The summed E-state index contributed by atoms with van der Waals surface area (Å²) in [5.74, 6) is -1.26. The lowest BCUT2D eigenvalue weighted by atomic mass is 9.98. The average molecular weight is 401 g/mol. The van der Waals surface area contributed by atoms with E-state index in [1.54, 1.807) is 0 Å². The number of carboxylic acid groups (broad SMARTS) is 1. The van der Waals surface area contributed by atoms with Gasteiger partial charge in [-0.05, 0) is 23.3 Å². The molecule has 25 heavy (non-hydrogen) atoms. The SMILES string of the molecule is O=C(O)CCC(=O)N1N=C(c2ccc(Br)cc2)C[C@@H]1c1ccccc1. The van der Waals surface area contributed by atoms with E-state index < -0.39 is 5.97 Å². The number of carboxylic acids is 1. The highest BCUT2D eigenvalue weighted by Crippen LogP contribution is 2.33. The molecule has 0 saturated carbocycles. The first-order valence-electron chi connectivity index (χ1n) is 7.97. The molecule has 0 aromatic heterocycles. The van der Waals surface area contributed by atoms with Gasteiger partial charge in [0.15, 0.2) is 0 Å². The summed E-state index contributed by atoms with van der Waals surface area (Å²) >= 11 is 3.41. The highest BCUT2D eigenvalue weighted by molar-refractivity contribution is 9.10. The van der Waals surface area contributed by atoms with Crippen LogP contribution in [-0.2, 0) is 9.59 Å². The Morgan fingerprint density at radius 1 is 1.08 bits per heavy atom. The number of halogens is 1. The third kappa shape index (κ3) is 4.14. The van der Waals surface area contributed by atoms with Crippen molar-refractivity contribution in [3.05, 3.63) is 70.2 Å². The molecule has 1 heterocycles. The van der Waals surface area contributed by atoms with Crippen molar-refractivity contribution in [2.45, 2.75) is 25.3 Å². The first-order chi connectivity index (χ1) is 12.0. The Kier molecular flexibility index (Phi) is 5.28. The van der Waals surface area contributed by atoms with Gasteiger partial charge in [0.1, 0.15) is 0 Å². The van der Waals surface area contributed by atoms with Crippen LogP contribution in [0.3, 0.4) is 0 Å². The van der Waals surface area contributed by atoms with Gasteiger partial charge < -0.3 is 5.11 Å². The van der Waals surface area contributed by atoms with Gasteiger partial charge in [0.25, 0.3) is 0 Å². The molecule has 1 atom stereocenters. The Hall–Kier alpha value is -2.47. The summed E-state index contributed by atoms with van der Waals surface area (Å²) in [6.07, 6.45) is 0.347. The van der Waals surface area contributed by atoms with Crippen molar-refractivity contribution in [1.82, 2.24) is 5.01 Å². The first-order valence-corrected chi connectivity index (χ1v) is 8.76. The van der Waals surface area contributed by atoms with Crippen LogP contribution in [0.5, 0.6) is 0 Å². The van der Waals surface area contributed by atoms with Gasteiger partial charge in [0, 0.05) is 17.3 Å². The summed E-state index contributed by atoms with van der Waals surface area (Å²) in [4.78, 5) is 23.3. The summed E-state index contributed by atoms with van der Waals surface area (Å²) < 4.78 is 0.976. The van der Waals surface area contributed by atoms with Gasteiger partial charge in [0.05, 0.1) is 18.2 Å². The zero-order chi connectivity index (χ0) is 17.8. The normalized spacial score (nSPS) is 16.6. The molecule has 0 saturated heterocycles. The maximum atomic E-state index is 12.5. The van der Waals surface area contributed by atoms with Gasteiger partial charge in [-0.1, -0.05) is 58.4 Å². The quantitative estimate of drug-likeness (QED) is 0.824. The van der Waals surface area contributed by atoms with E-state index in [0.717, 1.165) is 21.3 Å². The molecule has 1 aliphatic rings. The second kappa shape index (κ2) is 7.61. The molecule has 3 rings (SSSR count). The van der Waals surface area contributed by atoms with Crippen LogP contribution in [-0.4, -0.2) is 27.7 Å². The van der Waals surface area contributed by atoms with Crippen LogP contribution in [0, 0.1) is 0 Å². The zero-order valence-corrected chi connectivity index (χ0v) is 15.0. The van der Waals surface area contributed by atoms with E-state index in [1.807, 2.05) is 54.6 Å². The van der Waals surface area contributed by atoms with E-state index >= 15 is 0 Å². The molecule has 2 aromatic rings. The second-order valence-corrected chi connectivity index (χ2v) is 6.73. The summed E-state index contributed by atoms with van der Waals surface area (Å²) in [5, 5.41) is 14.8. The third-order valence-electron chi connectivity index (χ3n) is 4.08. The Bertz CT molecular complexity index is 803. The predicted octanol–water partition coefficient (Wildman–Crippen LogP) is 3.99.